The molecule has 0 atom stereocenters. The molecule has 0 bridgehead atoms. The first-order chi connectivity index (χ1) is 8.19. The summed E-state index contributed by atoms with van der Waals surface area (Å²) in [6.07, 6.45) is 0. The molecule has 0 aliphatic carbocycles. The normalized spacial score (nSPS) is 11.1. The standard InChI is InChI=1S/C12H20N4OS/c1-7(2)6-14-10(17)8-9(13)15-11(18-8)16-12(3,4)5/h1,6,13H2,2-5H3,(H,14,17)(H,15,16). The number of nitrogen functional groups attached to an aromatic ring is 1. The summed E-state index contributed by atoms with van der Waals surface area (Å²) in [6, 6.07) is 0. The predicted octanol–water partition coefficient (Wildman–Crippen LogP) is 2.24. The number of amides is 1. The van der Waals surface area contributed by atoms with Gasteiger partial charge in [0.2, 0.25) is 0 Å². The second-order valence-corrected chi connectivity index (χ2v) is 6.25. The SMILES string of the molecule is C=C(C)CNC(=O)c1sc(NC(C)(C)C)nc1N. The number of hydrogen-bond acceptors (Lipinski definition) is 5. The minimum Gasteiger partial charge on any atom is -0.382 e. The van der Waals surface area contributed by atoms with E-state index in [1.165, 1.54) is 11.3 Å². The molecule has 0 aliphatic rings. The largest absolute Gasteiger partial charge is 0.382 e. The Morgan fingerprint density at radius 3 is 2.61 bits per heavy atom. The number of aromatic nitrogens is 1. The Morgan fingerprint density at radius 2 is 2.11 bits per heavy atom. The summed E-state index contributed by atoms with van der Waals surface area (Å²) in [4.78, 5) is 16.4. The number of anilines is 2. The highest BCUT2D eigenvalue weighted by atomic mass is 32.1. The lowest BCUT2D eigenvalue weighted by molar-refractivity contribution is 0.0961. The van der Waals surface area contributed by atoms with Crippen molar-refractivity contribution in [2.24, 2.45) is 0 Å². The Labute approximate surface area is 111 Å². The molecule has 6 heteroatoms. The third-order valence-electron chi connectivity index (χ3n) is 1.89. The van der Waals surface area contributed by atoms with Crippen molar-refractivity contribution in [2.75, 3.05) is 17.6 Å². The Bertz CT molecular complexity index is 459. The second-order valence-electron chi connectivity index (χ2n) is 5.25. The van der Waals surface area contributed by atoms with E-state index < -0.39 is 0 Å². The van der Waals surface area contributed by atoms with Gasteiger partial charge in [0.15, 0.2) is 5.13 Å². The highest BCUT2D eigenvalue weighted by Crippen LogP contribution is 2.27. The maximum Gasteiger partial charge on any atom is 0.265 e. The van der Waals surface area contributed by atoms with Gasteiger partial charge in [-0.05, 0) is 27.7 Å². The summed E-state index contributed by atoms with van der Waals surface area (Å²) in [5.74, 6) is 0.0425. The zero-order valence-corrected chi connectivity index (χ0v) is 12.1. The molecule has 0 unspecified atom stereocenters. The van der Waals surface area contributed by atoms with Gasteiger partial charge in [-0.2, -0.15) is 0 Å². The van der Waals surface area contributed by atoms with Gasteiger partial charge in [-0.3, -0.25) is 4.79 Å². The molecule has 5 nitrogen and oxygen atoms in total. The number of carbonyl (C=O) groups excluding carboxylic acids is 1. The number of nitrogens with two attached hydrogens (primary N) is 1. The van der Waals surface area contributed by atoms with E-state index in [0.29, 0.717) is 16.6 Å². The van der Waals surface area contributed by atoms with Gasteiger partial charge in [0.25, 0.3) is 5.91 Å². The number of rotatable bonds is 4. The molecule has 0 radical (unpaired) electrons. The lowest BCUT2D eigenvalue weighted by Gasteiger charge is -2.19. The Balaban J connectivity index is 2.78. The molecule has 1 heterocycles. The Hall–Kier alpha value is -1.56. The van der Waals surface area contributed by atoms with Crippen LogP contribution in [0.5, 0.6) is 0 Å². The minimum absolute atomic E-state index is 0.115. The van der Waals surface area contributed by atoms with E-state index in [1.807, 2.05) is 27.7 Å². The molecule has 0 spiro atoms. The zero-order valence-electron chi connectivity index (χ0n) is 11.3. The minimum atomic E-state index is -0.213. The summed E-state index contributed by atoms with van der Waals surface area (Å²) in [6.45, 7) is 12.1. The van der Waals surface area contributed by atoms with Crippen molar-refractivity contribution in [3.63, 3.8) is 0 Å². The van der Waals surface area contributed by atoms with E-state index in [9.17, 15) is 4.79 Å². The first-order valence-corrected chi connectivity index (χ1v) is 6.48. The smallest absolute Gasteiger partial charge is 0.265 e. The van der Waals surface area contributed by atoms with E-state index in [0.717, 1.165) is 5.57 Å². The van der Waals surface area contributed by atoms with Gasteiger partial charge < -0.3 is 16.4 Å². The quantitative estimate of drug-likeness (QED) is 0.732. The lowest BCUT2D eigenvalue weighted by atomic mass is 10.1. The summed E-state index contributed by atoms with van der Waals surface area (Å²) in [5.41, 5.74) is 6.52. The van der Waals surface area contributed by atoms with Crippen LogP contribution in [0.2, 0.25) is 0 Å². The van der Waals surface area contributed by atoms with Crippen LogP contribution in [0.1, 0.15) is 37.4 Å². The highest BCUT2D eigenvalue weighted by Gasteiger charge is 2.18. The zero-order chi connectivity index (χ0) is 13.9. The maximum atomic E-state index is 11.9. The summed E-state index contributed by atoms with van der Waals surface area (Å²) in [7, 11) is 0. The number of thiazole rings is 1. The molecule has 0 saturated carbocycles. The van der Waals surface area contributed by atoms with Crippen LogP contribution in [-0.2, 0) is 0 Å². The van der Waals surface area contributed by atoms with Crippen molar-refractivity contribution in [3.8, 4) is 0 Å². The van der Waals surface area contributed by atoms with Crippen molar-refractivity contribution in [1.82, 2.24) is 10.3 Å². The summed E-state index contributed by atoms with van der Waals surface area (Å²) in [5, 5.41) is 6.58. The topological polar surface area (TPSA) is 80.0 Å². The van der Waals surface area contributed by atoms with Gasteiger partial charge in [0.1, 0.15) is 10.7 Å². The van der Waals surface area contributed by atoms with E-state index in [-0.39, 0.29) is 17.3 Å². The molecule has 0 saturated heterocycles. The third kappa shape index (κ3) is 4.37. The van der Waals surface area contributed by atoms with Crippen LogP contribution in [0.3, 0.4) is 0 Å². The van der Waals surface area contributed by atoms with Crippen LogP contribution in [-0.4, -0.2) is 23.0 Å². The van der Waals surface area contributed by atoms with Crippen LogP contribution < -0.4 is 16.4 Å². The van der Waals surface area contributed by atoms with Gasteiger partial charge in [-0.15, -0.1) is 0 Å². The fraction of sp³-hybridized carbons (Fsp3) is 0.500. The van der Waals surface area contributed by atoms with Gasteiger partial charge >= 0.3 is 0 Å². The van der Waals surface area contributed by atoms with Gasteiger partial charge in [-0.1, -0.05) is 23.5 Å². The van der Waals surface area contributed by atoms with E-state index in [4.69, 9.17) is 5.73 Å². The van der Waals surface area contributed by atoms with Crippen LogP contribution >= 0.6 is 11.3 Å². The number of hydrogen-bond donors (Lipinski definition) is 3. The second kappa shape index (κ2) is 5.39. The first-order valence-electron chi connectivity index (χ1n) is 5.66. The number of carbonyl (C=O) groups is 1. The first kappa shape index (κ1) is 14.5. The molecule has 1 aromatic heterocycles. The van der Waals surface area contributed by atoms with Gasteiger partial charge in [0.05, 0.1) is 0 Å². The van der Waals surface area contributed by atoms with Crippen molar-refractivity contribution in [2.45, 2.75) is 33.2 Å². The molecule has 18 heavy (non-hydrogen) atoms. The molecular weight excluding hydrogens is 248 g/mol. The molecule has 0 aliphatic heterocycles. The monoisotopic (exact) mass is 268 g/mol. The molecule has 1 aromatic rings. The van der Waals surface area contributed by atoms with Gasteiger partial charge in [0, 0.05) is 12.1 Å². The van der Waals surface area contributed by atoms with Crippen molar-refractivity contribution in [3.05, 3.63) is 17.0 Å². The molecule has 4 N–H and O–H groups in total. The molecule has 0 fully saturated rings. The van der Waals surface area contributed by atoms with Crippen LogP contribution in [0.25, 0.3) is 0 Å². The van der Waals surface area contributed by atoms with E-state index in [1.54, 1.807) is 0 Å². The number of nitrogens with zero attached hydrogens (tertiary/aromatic N) is 1. The van der Waals surface area contributed by atoms with Crippen LogP contribution in [0.4, 0.5) is 10.9 Å². The lowest BCUT2D eigenvalue weighted by Crippen LogP contribution is -2.25. The van der Waals surface area contributed by atoms with E-state index in [2.05, 4.69) is 22.2 Å². The van der Waals surface area contributed by atoms with Crippen LogP contribution in [0, 0.1) is 0 Å². The average Bonchev–Trinajstić information content (AvgIpc) is 2.53. The molecule has 1 rings (SSSR count). The predicted molar refractivity (Wildman–Crippen MR) is 77.0 cm³/mol. The number of nitrogens with one attached hydrogen (secondary N) is 2. The summed E-state index contributed by atoms with van der Waals surface area (Å²) < 4.78 is 0. The molecule has 0 aromatic carbocycles. The van der Waals surface area contributed by atoms with Crippen LogP contribution in [0.15, 0.2) is 12.2 Å². The molecule has 100 valence electrons. The average molecular weight is 268 g/mol. The van der Waals surface area contributed by atoms with Crippen molar-refractivity contribution < 1.29 is 4.79 Å². The molecule has 1 amide bonds. The fourth-order valence-corrected chi connectivity index (χ4v) is 2.19. The Kier molecular flexibility index (Phi) is 4.34. The summed E-state index contributed by atoms with van der Waals surface area (Å²) >= 11 is 1.26. The van der Waals surface area contributed by atoms with Crippen molar-refractivity contribution in [1.29, 1.82) is 0 Å². The van der Waals surface area contributed by atoms with Gasteiger partial charge in [-0.25, -0.2) is 4.98 Å². The maximum absolute atomic E-state index is 11.9. The molecular formula is C12H20N4OS. The Morgan fingerprint density at radius 1 is 1.50 bits per heavy atom. The van der Waals surface area contributed by atoms with E-state index >= 15 is 0 Å². The third-order valence-corrected chi connectivity index (χ3v) is 2.88. The highest BCUT2D eigenvalue weighted by molar-refractivity contribution is 7.18. The van der Waals surface area contributed by atoms with Crippen molar-refractivity contribution >= 4 is 28.2 Å². The fourth-order valence-electron chi connectivity index (χ4n) is 1.18.